The van der Waals surface area contributed by atoms with Gasteiger partial charge >= 0.3 is 0 Å². The van der Waals surface area contributed by atoms with Gasteiger partial charge in [-0.1, -0.05) is 18.2 Å². The van der Waals surface area contributed by atoms with E-state index in [1.54, 1.807) is 24.3 Å². The molecular formula is C14H13ClFNO. The van der Waals surface area contributed by atoms with Crippen LogP contribution in [0.2, 0.25) is 0 Å². The van der Waals surface area contributed by atoms with Gasteiger partial charge in [0.05, 0.1) is 11.6 Å². The number of pyridine rings is 1. The van der Waals surface area contributed by atoms with Crippen molar-refractivity contribution in [2.45, 2.75) is 19.4 Å². The molecule has 0 N–H and O–H groups in total. The lowest BCUT2D eigenvalue weighted by molar-refractivity contribution is 0.296. The maximum atomic E-state index is 13.4. The third-order valence-electron chi connectivity index (χ3n) is 2.54. The first-order valence-electron chi connectivity index (χ1n) is 5.59. The van der Waals surface area contributed by atoms with Gasteiger partial charge in [-0.3, -0.25) is 4.98 Å². The minimum atomic E-state index is -0.273. The van der Waals surface area contributed by atoms with Gasteiger partial charge in [0, 0.05) is 11.3 Å². The van der Waals surface area contributed by atoms with E-state index in [1.807, 2.05) is 13.0 Å². The SMILES string of the molecule is Cc1ccc(OCc2ccccc2F)c(CCl)n1. The van der Waals surface area contributed by atoms with Crippen LogP contribution < -0.4 is 4.74 Å². The van der Waals surface area contributed by atoms with Crippen LogP contribution in [0.4, 0.5) is 4.39 Å². The maximum Gasteiger partial charge on any atom is 0.142 e. The van der Waals surface area contributed by atoms with Gasteiger partial charge in [0.2, 0.25) is 0 Å². The number of aryl methyl sites for hydroxylation is 1. The summed E-state index contributed by atoms with van der Waals surface area (Å²) in [6.07, 6.45) is 0. The summed E-state index contributed by atoms with van der Waals surface area (Å²) in [7, 11) is 0. The van der Waals surface area contributed by atoms with E-state index in [0.717, 1.165) is 5.69 Å². The van der Waals surface area contributed by atoms with Crippen LogP contribution in [0.25, 0.3) is 0 Å². The largest absolute Gasteiger partial charge is 0.487 e. The van der Waals surface area contributed by atoms with Gasteiger partial charge in [0.1, 0.15) is 18.2 Å². The molecule has 0 aliphatic rings. The summed E-state index contributed by atoms with van der Waals surface area (Å²) in [5.74, 6) is 0.595. The molecule has 0 spiro atoms. The van der Waals surface area contributed by atoms with E-state index in [4.69, 9.17) is 16.3 Å². The van der Waals surface area contributed by atoms with Gasteiger partial charge in [0.15, 0.2) is 0 Å². The molecule has 0 saturated heterocycles. The van der Waals surface area contributed by atoms with Crippen LogP contribution in [0.3, 0.4) is 0 Å². The van der Waals surface area contributed by atoms with E-state index < -0.39 is 0 Å². The lowest BCUT2D eigenvalue weighted by Gasteiger charge is -2.10. The van der Waals surface area contributed by atoms with Gasteiger partial charge in [0.25, 0.3) is 0 Å². The highest BCUT2D eigenvalue weighted by atomic mass is 35.5. The molecule has 0 radical (unpaired) electrons. The molecule has 0 atom stereocenters. The second-order valence-corrected chi connectivity index (χ2v) is 4.18. The second-order valence-electron chi connectivity index (χ2n) is 3.91. The summed E-state index contributed by atoms with van der Waals surface area (Å²) in [6.45, 7) is 2.05. The first kappa shape index (κ1) is 12.8. The second kappa shape index (κ2) is 5.83. The van der Waals surface area contributed by atoms with Gasteiger partial charge in [-0.2, -0.15) is 0 Å². The zero-order valence-corrected chi connectivity index (χ0v) is 10.7. The quantitative estimate of drug-likeness (QED) is 0.784. The minimum absolute atomic E-state index is 0.168. The van der Waals surface area contributed by atoms with Crippen molar-refractivity contribution in [3.63, 3.8) is 0 Å². The molecule has 94 valence electrons. The number of halogens is 2. The molecule has 2 nitrogen and oxygen atoms in total. The molecule has 4 heteroatoms. The monoisotopic (exact) mass is 265 g/mol. The first-order chi connectivity index (χ1) is 8.70. The van der Waals surface area contributed by atoms with Crippen LogP contribution in [0, 0.1) is 12.7 Å². The predicted octanol–water partition coefficient (Wildman–Crippen LogP) is 3.85. The fourth-order valence-electron chi connectivity index (χ4n) is 1.60. The fourth-order valence-corrected chi connectivity index (χ4v) is 1.79. The van der Waals surface area contributed by atoms with Crippen molar-refractivity contribution < 1.29 is 9.13 Å². The van der Waals surface area contributed by atoms with E-state index in [2.05, 4.69) is 4.98 Å². The Morgan fingerprint density at radius 1 is 1.22 bits per heavy atom. The topological polar surface area (TPSA) is 22.1 Å². The Morgan fingerprint density at radius 3 is 2.72 bits per heavy atom. The Kier molecular flexibility index (Phi) is 4.15. The molecule has 2 aromatic rings. The summed E-state index contributed by atoms with van der Waals surface area (Å²) in [5, 5.41) is 0. The van der Waals surface area contributed by atoms with E-state index >= 15 is 0 Å². The molecule has 0 fully saturated rings. The standard InChI is InChI=1S/C14H13ClFNO/c1-10-6-7-14(13(8-15)17-10)18-9-11-4-2-3-5-12(11)16/h2-7H,8-9H2,1H3. The molecule has 0 amide bonds. The van der Waals surface area contributed by atoms with Crippen molar-refractivity contribution in [2.24, 2.45) is 0 Å². The van der Waals surface area contributed by atoms with Gasteiger partial charge < -0.3 is 4.74 Å². The lowest BCUT2D eigenvalue weighted by atomic mass is 10.2. The number of nitrogens with zero attached hydrogens (tertiary/aromatic N) is 1. The van der Waals surface area contributed by atoms with E-state index in [0.29, 0.717) is 17.0 Å². The van der Waals surface area contributed by atoms with Crippen LogP contribution in [-0.4, -0.2) is 4.98 Å². The summed E-state index contributed by atoms with van der Waals surface area (Å²) < 4.78 is 19.0. The zero-order chi connectivity index (χ0) is 13.0. The number of ether oxygens (including phenoxy) is 1. The van der Waals surface area contributed by atoms with Crippen LogP contribution in [0.15, 0.2) is 36.4 Å². The zero-order valence-electron chi connectivity index (χ0n) is 9.99. The molecular weight excluding hydrogens is 253 g/mol. The number of hydrogen-bond donors (Lipinski definition) is 0. The van der Waals surface area contributed by atoms with Gasteiger partial charge in [-0.25, -0.2) is 4.39 Å². The third-order valence-corrected chi connectivity index (χ3v) is 2.79. The number of benzene rings is 1. The van der Waals surface area contributed by atoms with Crippen molar-refractivity contribution in [2.75, 3.05) is 0 Å². The van der Waals surface area contributed by atoms with Crippen molar-refractivity contribution in [3.05, 3.63) is 59.2 Å². The van der Waals surface area contributed by atoms with Crippen LogP contribution in [0.5, 0.6) is 5.75 Å². The Labute approximate surface area is 110 Å². The molecule has 0 aliphatic heterocycles. The summed E-state index contributed by atoms with van der Waals surface area (Å²) >= 11 is 5.80. The summed E-state index contributed by atoms with van der Waals surface area (Å²) in [4.78, 5) is 4.28. The Bertz CT molecular complexity index is 545. The number of hydrogen-bond acceptors (Lipinski definition) is 2. The predicted molar refractivity (Wildman–Crippen MR) is 69.3 cm³/mol. The average molecular weight is 266 g/mol. The van der Waals surface area contributed by atoms with Crippen LogP contribution in [0.1, 0.15) is 17.0 Å². The van der Waals surface area contributed by atoms with Gasteiger partial charge in [-0.15, -0.1) is 11.6 Å². The normalized spacial score (nSPS) is 10.4. The number of rotatable bonds is 4. The maximum absolute atomic E-state index is 13.4. The highest BCUT2D eigenvalue weighted by molar-refractivity contribution is 6.17. The van der Waals surface area contributed by atoms with Crippen molar-refractivity contribution in [1.82, 2.24) is 4.98 Å². The Balaban J connectivity index is 2.13. The molecule has 0 saturated carbocycles. The Morgan fingerprint density at radius 2 is 2.00 bits per heavy atom. The van der Waals surface area contributed by atoms with Crippen molar-refractivity contribution in [3.8, 4) is 5.75 Å². The van der Waals surface area contributed by atoms with E-state index in [9.17, 15) is 4.39 Å². The molecule has 1 aromatic carbocycles. The highest BCUT2D eigenvalue weighted by Gasteiger charge is 2.07. The average Bonchev–Trinajstić information content (AvgIpc) is 2.39. The minimum Gasteiger partial charge on any atom is -0.487 e. The molecule has 18 heavy (non-hydrogen) atoms. The number of aromatic nitrogens is 1. The number of alkyl halides is 1. The van der Waals surface area contributed by atoms with Crippen LogP contribution >= 0.6 is 11.6 Å². The third kappa shape index (κ3) is 2.99. The Hall–Kier alpha value is -1.61. The molecule has 0 aliphatic carbocycles. The highest BCUT2D eigenvalue weighted by Crippen LogP contribution is 2.20. The van der Waals surface area contributed by atoms with Crippen molar-refractivity contribution in [1.29, 1.82) is 0 Å². The van der Waals surface area contributed by atoms with E-state index in [1.165, 1.54) is 6.07 Å². The lowest BCUT2D eigenvalue weighted by Crippen LogP contribution is -2.02. The molecule has 0 bridgehead atoms. The molecule has 0 unspecified atom stereocenters. The molecule has 1 heterocycles. The van der Waals surface area contributed by atoms with Gasteiger partial charge in [-0.05, 0) is 25.1 Å². The first-order valence-corrected chi connectivity index (χ1v) is 6.13. The molecule has 2 rings (SSSR count). The van der Waals surface area contributed by atoms with Crippen LogP contribution in [-0.2, 0) is 12.5 Å². The summed E-state index contributed by atoms with van der Waals surface area (Å²) in [6, 6.07) is 10.2. The van der Waals surface area contributed by atoms with Crippen molar-refractivity contribution >= 4 is 11.6 Å². The smallest absolute Gasteiger partial charge is 0.142 e. The fraction of sp³-hybridized carbons (Fsp3) is 0.214. The van der Waals surface area contributed by atoms with E-state index in [-0.39, 0.29) is 18.3 Å². The molecule has 1 aromatic heterocycles. The summed E-state index contributed by atoms with van der Waals surface area (Å²) in [5.41, 5.74) is 2.07.